The lowest BCUT2D eigenvalue weighted by atomic mass is 9.84. The van der Waals surface area contributed by atoms with Gasteiger partial charge in [0, 0.05) is 0 Å². The van der Waals surface area contributed by atoms with Crippen molar-refractivity contribution in [2.75, 3.05) is 0 Å². The van der Waals surface area contributed by atoms with Crippen molar-refractivity contribution in [2.45, 2.75) is 86.0 Å². The molecule has 0 N–H and O–H groups in total. The van der Waals surface area contributed by atoms with Gasteiger partial charge in [-0.2, -0.15) is 0 Å². The summed E-state index contributed by atoms with van der Waals surface area (Å²) >= 11 is 0. The standard InChI is InChI=1S/C19H24.C12H18/c1-13(2)17-7-6-8-18(19(17)14(3)4)16-11-9-15(5)10-12-16;1-9(2)11-7-5-6-8-12(11)10(3)4/h6-14H,1-5H3;5-10H,1-4H3. The summed E-state index contributed by atoms with van der Waals surface area (Å²) < 4.78 is 0. The number of aryl methyl sites for hydroxylation is 1. The van der Waals surface area contributed by atoms with Gasteiger partial charge in [-0.25, -0.2) is 0 Å². The van der Waals surface area contributed by atoms with Gasteiger partial charge >= 0.3 is 0 Å². The molecule has 0 aromatic heterocycles. The minimum Gasteiger partial charge on any atom is -0.0620 e. The van der Waals surface area contributed by atoms with Crippen LogP contribution in [0.2, 0.25) is 0 Å². The smallest absolute Gasteiger partial charge is 0.0146 e. The molecule has 0 atom stereocenters. The quantitative estimate of drug-likeness (QED) is 0.389. The summed E-state index contributed by atoms with van der Waals surface area (Å²) in [6.07, 6.45) is 0. The van der Waals surface area contributed by atoms with Crippen LogP contribution in [-0.2, 0) is 0 Å². The van der Waals surface area contributed by atoms with Crippen molar-refractivity contribution in [2.24, 2.45) is 0 Å². The summed E-state index contributed by atoms with van der Waals surface area (Å²) in [6, 6.07) is 24.3. The molecule has 0 heteroatoms. The van der Waals surface area contributed by atoms with Crippen LogP contribution in [-0.4, -0.2) is 0 Å². The number of hydrogen-bond donors (Lipinski definition) is 0. The maximum Gasteiger partial charge on any atom is -0.0146 e. The number of hydrogen-bond acceptors (Lipinski definition) is 0. The minimum absolute atomic E-state index is 0.551. The van der Waals surface area contributed by atoms with Gasteiger partial charge in [0.2, 0.25) is 0 Å². The van der Waals surface area contributed by atoms with Gasteiger partial charge in [0.15, 0.2) is 0 Å². The summed E-state index contributed by atoms with van der Waals surface area (Å²) in [5.41, 5.74) is 10.0. The maximum atomic E-state index is 2.29. The van der Waals surface area contributed by atoms with Crippen LogP contribution in [0.15, 0.2) is 66.7 Å². The molecule has 0 amide bonds. The van der Waals surface area contributed by atoms with Gasteiger partial charge in [0.05, 0.1) is 0 Å². The highest BCUT2D eigenvalue weighted by molar-refractivity contribution is 5.70. The fourth-order valence-electron chi connectivity index (χ4n) is 4.28. The normalized spacial score (nSPS) is 11.3. The van der Waals surface area contributed by atoms with Gasteiger partial charge in [0.1, 0.15) is 0 Å². The van der Waals surface area contributed by atoms with Gasteiger partial charge < -0.3 is 0 Å². The van der Waals surface area contributed by atoms with Crippen LogP contribution in [0.5, 0.6) is 0 Å². The minimum atomic E-state index is 0.551. The van der Waals surface area contributed by atoms with Gasteiger partial charge in [-0.1, -0.05) is 128 Å². The third-order valence-corrected chi connectivity index (χ3v) is 5.94. The molecule has 0 aliphatic rings. The van der Waals surface area contributed by atoms with Crippen molar-refractivity contribution >= 4 is 0 Å². The van der Waals surface area contributed by atoms with E-state index in [4.69, 9.17) is 0 Å². The van der Waals surface area contributed by atoms with Crippen LogP contribution in [0.25, 0.3) is 11.1 Å². The average Bonchev–Trinajstić information content (AvgIpc) is 2.74. The van der Waals surface area contributed by atoms with Crippen LogP contribution in [0, 0.1) is 6.92 Å². The Morgan fingerprint density at radius 1 is 0.452 bits per heavy atom. The van der Waals surface area contributed by atoms with Crippen molar-refractivity contribution in [1.29, 1.82) is 0 Å². The van der Waals surface area contributed by atoms with Crippen LogP contribution < -0.4 is 0 Å². The van der Waals surface area contributed by atoms with Crippen LogP contribution in [0.1, 0.15) is 107 Å². The molecular weight excluding hydrogens is 372 g/mol. The van der Waals surface area contributed by atoms with Crippen LogP contribution in [0.3, 0.4) is 0 Å². The number of benzene rings is 3. The zero-order chi connectivity index (χ0) is 23.1. The van der Waals surface area contributed by atoms with E-state index in [2.05, 4.69) is 129 Å². The summed E-state index contributed by atoms with van der Waals surface area (Å²) in [4.78, 5) is 0. The molecule has 0 saturated carbocycles. The molecule has 0 unspecified atom stereocenters. The predicted molar refractivity (Wildman–Crippen MR) is 139 cm³/mol. The van der Waals surface area contributed by atoms with E-state index in [9.17, 15) is 0 Å². The van der Waals surface area contributed by atoms with E-state index in [-0.39, 0.29) is 0 Å². The first-order valence-corrected chi connectivity index (χ1v) is 11.9. The first-order chi connectivity index (χ1) is 14.6. The maximum absolute atomic E-state index is 2.29. The van der Waals surface area contributed by atoms with E-state index in [0.29, 0.717) is 23.7 Å². The Labute approximate surface area is 191 Å². The highest BCUT2D eigenvalue weighted by atomic mass is 14.2. The Morgan fingerprint density at radius 3 is 1.32 bits per heavy atom. The summed E-state index contributed by atoms with van der Waals surface area (Å²) in [6.45, 7) is 20.3. The Balaban J connectivity index is 0.000000245. The second kappa shape index (κ2) is 11.3. The zero-order valence-electron chi connectivity index (χ0n) is 21.2. The highest BCUT2D eigenvalue weighted by Gasteiger charge is 2.15. The van der Waals surface area contributed by atoms with Crippen molar-refractivity contribution in [3.63, 3.8) is 0 Å². The van der Waals surface area contributed by atoms with E-state index >= 15 is 0 Å². The molecule has 0 fully saturated rings. The lowest BCUT2D eigenvalue weighted by Crippen LogP contribution is -2.01. The van der Waals surface area contributed by atoms with E-state index in [0.717, 1.165) is 0 Å². The first kappa shape index (κ1) is 24.9. The second-order valence-corrected chi connectivity index (χ2v) is 9.92. The molecule has 0 spiro atoms. The average molecular weight is 415 g/mol. The fraction of sp³-hybridized carbons (Fsp3) is 0.419. The molecule has 0 bridgehead atoms. The highest BCUT2D eigenvalue weighted by Crippen LogP contribution is 2.35. The molecule has 3 aromatic rings. The summed E-state index contributed by atoms with van der Waals surface area (Å²) in [7, 11) is 0. The topological polar surface area (TPSA) is 0 Å². The Kier molecular flexibility index (Phi) is 9.11. The Bertz CT molecular complexity index is 913. The molecule has 0 saturated heterocycles. The van der Waals surface area contributed by atoms with Crippen molar-refractivity contribution in [1.82, 2.24) is 0 Å². The van der Waals surface area contributed by atoms with Gasteiger partial charge in [-0.05, 0) is 64.0 Å². The lowest BCUT2D eigenvalue weighted by molar-refractivity contribution is 0.790. The Morgan fingerprint density at radius 2 is 0.903 bits per heavy atom. The van der Waals surface area contributed by atoms with E-state index < -0.39 is 0 Å². The molecule has 0 aliphatic heterocycles. The van der Waals surface area contributed by atoms with Gasteiger partial charge in [0.25, 0.3) is 0 Å². The zero-order valence-corrected chi connectivity index (χ0v) is 21.2. The lowest BCUT2D eigenvalue weighted by Gasteiger charge is -2.20. The van der Waals surface area contributed by atoms with Crippen LogP contribution in [0.4, 0.5) is 0 Å². The predicted octanol–water partition coefficient (Wildman–Crippen LogP) is 9.84. The SMILES string of the molecule is CC(C)c1ccccc1C(C)C.Cc1ccc(-c2cccc(C(C)C)c2C(C)C)cc1. The van der Waals surface area contributed by atoms with E-state index in [1.807, 2.05) is 0 Å². The third-order valence-electron chi connectivity index (χ3n) is 5.94. The summed E-state index contributed by atoms with van der Waals surface area (Å²) in [5, 5.41) is 0. The van der Waals surface area contributed by atoms with E-state index in [1.165, 1.54) is 38.9 Å². The largest absolute Gasteiger partial charge is 0.0620 e. The monoisotopic (exact) mass is 414 g/mol. The fourth-order valence-corrected chi connectivity index (χ4v) is 4.28. The molecule has 31 heavy (non-hydrogen) atoms. The molecule has 166 valence electrons. The summed E-state index contributed by atoms with van der Waals surface area (Å²) in [5.74, 6) is 2.41. The van der Waals surface area contributed by atoms with Crippen LogP contribution >= 0.6 is 0 Å². The van der Waals surface area contributed by atoms with Crippen molar-refractivity contribution in [3.05, 3.63) is 94.5 Å². The second-order valence-electron chi connectivity index (χ2n) is 9.92. The molecule has 0 radical (unpaired) electrons. The third kappa shape index (κ3) is 6.57. The van der Waals surface area contributed by atoms with Crippen molar-refractivity contribution in [3.8, 4) is 11.1 Å². The molecule has 3 aromatic carbocycles. The van der Waals surface area contributed by atoms with Crippen molar-refractivity contribution < 1.29 is 0 Å². The molecule has 0 aliphatic carbocycles. The molecule has 0 heterocycles. The number of rotatable bonds is 5. The van der Waals surface area contributed by atoms with Gasteiger partial charge in [-0.3, -0.25) is 0 Å². The molecule has 0 nitrogen and oxygen atoms in total. The molecule has 3 rings (SSSR count). The molecular formula is C31H42. The Hall–Kier alpha value is -2.34. The van der Waals surface area contributed by atoms with E-state index in [1.54, 1.807) is 0 Å². The van der Waals surface area contributed by atoms with Gasteiger partial charge in [-0.15, -0.1) is 0 Å². The first-order valence-electron chi connectivity index (χ1n) is 11.9.